The third kappa shape index (κ3) is 2520. The highest BCUT2D eigenvalue weighted by Crippen LogP contribution is 1.81. The van der Waals surface area contributed by atoms with Gasteiger partial charge in [0.15, 0.2) is 0 Å². The van der Waals surface area contributed by atoms with Crippen molar-refractivity contribution in [1.29, 1.82) is 0 Å². The molecule has 0 heterocycles. The van der Waals surface area contributed by atoms with E-state index in [0.717, 1.165) is 5.92 Å². The molecule has 0 atom stereocenters. The topological polar surface area (TPSA) is 0 Å². The summed E-state index contributed by atoms with van der Waals surface area (Å²) in [6, 6.07) is 0. The molecule has 0 rings (SSSR count). The second-order valence-corrected chi connectivity index (χ2v) is 2.85. The van der Waals surface area contributed by atoms with Crippen LogP contribution >= 0.6 is 0 Å². The van der Waals surface area contributed by atoms with Gasteiger partial charge in [0, 0.05) is 0 Å². The van der Waals surface area contributed by atoms with Crippen LogP contribution < -0.4 is 0 Å². The molecule has 0 saturated carbocycles. The van der Waals surface area contributed by atoms with Gasteiger partial charge in [-0.3, -0.25) is 0 Å². The molecule has 0 radical (unpaired) electrons. The molecule has 0 unspecified atom stereocenters. The summed E-state index contributed by atoms with van der Waals surface area (Å²) in [5, 5.41) is 0. The average molecular weight is 172 g/mol. The van der Waals surface area contributed by atoms with Crippen molar-refractivity contribution in [2.75, 3.05) is 0 Å². The number of rotatable bonds is 0. The Morgan fingerprint density at radius 3 is 1.08 bits per heavy atom. The van der Waals surface area contributed by atoms with Gasteiger partial charge in [0.2, 0.25) is 0 Å². The molecule has 76 valence electrons. The summed E-state index contributed by atoms with van der Waals surface area (Å²) in [5.74, 6) is 0.833. The lowest BCUT2D eigenvalue weighted by Crippen LogP contribution is -1.66. The first-order valence-corrected chi connectivity index (χ1v) is 4.63. The van der Waals surface area contributed by atoms with E-state index in [2.05, 4.69) is 54.4 Å². The van der Waals surface area contributed by atoms with Crippen molar-refractivity contribution in [1.82, 2.24) is 0 Å². The summed E-state index contributed by atoms with van der Waals surface area (Å²) < 4.78 is 0. The summed E-state index contributed by atoms with van der Waals surface area (Å²) in [7, 11) is 0. The van der Waals surface area contributed by atoms with Crippen LogP contribution in [0.25, 0.3) is 0 Å². The molecule has 0 nitrogen and oxygen atoms in total. The molecule has 0 aromatic heterocycles. The smallest absolute Gasteiger partial charge is 0.0473 e. The predicted octanol–water partition coefficient (Wildman–Crippen LogP) is 5.07. The van der Waals surface area contributed by atoms with Gasteiger partial charge in [-0.25, -0.2) is 0 Å². The zero-order valence-corrected chi connectivity index (χ0v) is 9.98. The van der Waals surface area contributed by atoms with Crippen molar-refractivity contribution < 1.29 is 0 Å². The highest BCUT2D eigenvalue weighted by Gasteiger charge is 1.68. The van der Waals surface area contributed by atoms with Crippen LogP contribution in [0.1, 0.15) is 48.0 Å². The maximum Gasteiger partial charge on any atom is -0.0473 e. The molecule has 0 N–H and O–H groups in total. The predicted molar refractivity (Wildman–Crippen MR) is 63.6 cm³/mol. The molecule has 0 saturated heterocycles. The number of hydrogen-bond donors (Lipinski definition) is 0. The van der Waals surface area contributed by atoms with E-state index in [1.165, 1.54) is 6.42 Å². The maximum absolute atomic E-state index is 3.36. The van der Waals surface area contributed by atoms with Crippen LogP contribution in [0.5, 0.6) is 0 Å². The Morgan fingerprint density at radius 1 is 1.08 bits per heavy atom. The van der Waals surface area contributed by atoms with Gasteiger partial charge < -0.3 is 0 Å². The molecule has 0 amide bonds. The van der Waals surface area contributed by atoms with Crippen LogP contribution in [0.4, 0.5) is 0 Å². The molecular formula is C12H28. The number of hydrogen-bond acceptors (Lipinski definition) is 0. The van der Waals surface area contributed by atoms with E-state index in [-0.39, 0.29) is 0 Å². The third-order valence-corrected chi connectivity index (χ3v) is 0. The summed E-state index contributed by atoms with van der Waals surface area (Å²) in [6.45, 7) is 22.0. The van der Waals surface area contributed by atoms with Crippen molar-refractivity contribution in [2.24, 2.45) is 5.92 Å². The van der Waals surface area contributed by atoms with Gasteiger partial charge in [-0.15, -0.1) is 19.7 Å². The minimum absolute atomic E-state index is 0.833. The fourth-order valence-corrected chi connectivity index (χ4v) is 0. The Labute approximate surface area is 80.4 Å². The lowest BCUT2D eigenvalue weighted by atomic mass is 10.3. The zero-order valence-electron chi connectivity index (χ0n) is 9.98. The van der Waals surface area contributed by atoms with Crippen LogP contribution in [-0.2, 0) is 0 Å². The molecule has 0 bridgehead atoms. The van der Waals surface area contributed by atoms with Gasteiger partial charge in [0.1, 0.15) is 0 Å². The van der Waals surface area contributed by atoms with E-state index in [9.17, 15) is 0 Å². The van der Waals surface area contributed by atoms with E-state index >= 15 is 0 Å². The summed E-state index contributed by atoms with van der Waals surface area (Å²) in [6.07, 6.45) is 3.00. The van der Waals surface area contributed by atoms with Gasteiger partial charge in [0.05, 0.1) is 0 Å². The standard InChI is InChI=1S/C4H10.C3H8.C3H6.C2H4/c1-4(2)3;2*1-3-2;1-2/h4H,1-3H3;3H2,1-2H3;3H,1H2,2H3;1-2H2. The summed E-state index contributed by atoms with van der Waals surface area (Å²) in [5.41, 5.74) is 0. The second-order valence-electron chi connectivity index (χ2n) is 2.85. The summed E-state index contributed by atoms with van der Waals surface area (Å²) in [4.78, 5) is 0. The monoisotopic (exact) mass is 172 g/mol. The van der Waals surface area contributed by atoms with Gasteiger partial charge in [-0.05, 0) is 12.8 Å². The third-order valence-electron chi connectivity index (χ3n) is 0. The Balaban J connectivity index is -0.0000000368. The molecule has 0 aromatic rings. The largest absolute Gasteiger partial charge is 0.106 e. The van der Waals surface area contributed by atoms with E-state index < -0.39 is 0 Å². The zero-order chi connectivity index (χ0) is 11.0. The molecule has 0 heteroatoms. The first-order valence-electron chi connectivity index (χ1n) is 4.63. The summed E-state index contributed by atoms with van der Waals surface area (Å²) >= 11 is 0. The first kappa shape index (κ1) is 22.5. The van der Waals surface area contributed by atoms with Gasteiger partial charge in [-0.2, -0.15) is 0 Å². The molecule has 0 aliphatic carbocycles. The molecule has 0 aliphatic rings. The first-order chi connectivity index (χ1) is 5.56. The highest BCUT2D eigenvalue weighted by atomic mass is 13.7. The van der Waals surface area contributed by atoms with E-state index in [1.54, 1.807) is 6.08 Å². The Hall–Kier alpha value is -0.520. The van der Waals surface area contributed by atoms with Crippen LogP contribution in [0.2, 0.25) is 0 Å². The molecule has 0 aromatic carbocycles. The number of allylic oxidation sites excluding steroid dienone is 1. The van der Waals surface area contributed by atoms with Crippen LogP contribution in [0.15, 0.2) is 25.8 Å². The Bertz CT molecular complexity index is 41.2. The fourth-order valence-electron chi connectivity index (χ4n) is 0. The highest BCUT2D eigenvalue weighted by molar-refractivity contribution is 4.51. The van der Waals surface area contributed by atoms with Crippen LogP contribution in [-0.4, -0.2) is 0 Å². The molecule has 0 spiro atoms. The Morgan fingerprint density at radius 2 is 1.08 bits per heavy atom. The van der Waals surface area contributed by atoms with Gasteiger partial charge in [0.25, 0.3) is 0 Å². The fraction of sp³-hybridized carbons (Fsp3) is 0.667. The van der Waals surface area contributed by atoms with Crippen molar-refractivity contribution in [3.05, 3.63) is 25.8 Å². The van der Waals surface area contributed by atoms with E-state index in [1.807, 2.05) is 6.92 Å². The van der Waals surface area contributed by atoms with Crippen LogP contribution in [0.3, 0.4) is 0 Å². The second kappa shape index (κ2) is 46.9. The average Bonchev–Trinajstić information content (AvgIpc) is 1.92. The molecule has 0 fully saturated rings. The van der Waals surface area contributed by atoms with Crippen molar-refractivity contribution in [3.63, 3.8) is 0 Å². The normalized spacial score (nSPS) is 5.92. The Kier molecular flexibility index (Phi) is 88.1. The van der Waals surface area contributed by atoms with E-state index in [0.29, 0.717) is 0 Å². The minimum Gasteiger partial charge on any atom is -0.106 e. The van der Waals surface area contributed by atoms with Gasteiger partial charge >= 0.3 is 0 Å². The van der Waals surface area contributed by atoms with Crippen molar-refractivity contribution >= 4 is 0 Å². The lowest BCUT2D eigenvalue weighted by molar-refractivity contribution is 0.737. The minimum atomic E-state index is 0.833. The quantitative estimate of drug-likeness (QED) is 0.447. The maximum atomic E-state index is 3.36. The van der Waals surface area contributed by atoms with E-state index in [4.69, 9.17) is 0 Å². The van der Waals surface area contributed by atoms with Crippen molar-refractivity contribution in [2.45, 2.75) is 48.0 Å². The van der Waals surface area contributed by atoms with Gasteiger partial charge in [-0.1, -0.05) is 47.1 Å². The molecular weight excluding hydrogens is 144 g/mol. The SMILES string of the molecule is C=C.C=CC.CC(C)C.CCC. The lowest BCUT2D eigenvalue weighted by Gasteiger charge is -1.79. The molecule has 12 heavy (non-hydrogen) atoms. The molecule has 0 aliphatic heterocycles. The van der Waals surface area contributed by atoms with Crippen LogP contribution in [0, 0.1) is 5.92 Å². The van der Waals surface area contributed by atoms with Crippen molar-refractivity contribution in [3.8, 4) is 0 Å².